The number of nitrogens with zero attached hydrogens (tertiary/aromatic N) is 3. The van der Waals surface area contributed by atoms with Gasteiger partial charge in [0.1, 0.15) is 10.7 Å². The van der Waals surface area contributed by atoms with E-state index in [2.05, 4.69) is 33.2 Å². The van der Waals surface area contributed by atoms with E-state index in [1.807, 2.05) is 19.9 Å². The van der Waals surface area contributed by atoms with Gasteiger partial charge < -0.3 is 20.2 Å². The van der Waals surface area contributed by atoms with E-state index in [4.69, 9.17) is 16.0 Å². The Morgan fingerprint density at radius 3 is 2.53 bits per heavy atom. The Labute approximate surface area is 209 Å². The highest BCUT2D eigenvalue weighted by molar-refractivity contribution is 7.89. The maximum atomic E-state index is 13.0. The molecule has 1 aliphatic rings. The third kappa shape index (κ3) is 5.65. The van der Waals surface area contributed by atoms with Crippen molar-refractivity contribution in [1.29, 1.82) is 0 Å². The maximum absolute atomic E-state index is 13.0. The van der Waals surface area contributed by atoms with Gasteiger partial charge in [-0.3, -0.25) is 0 Å². The van der Waals surface area contributed by atoms with Crippen molar-refractivity contribution in [1.82, 2.24) is 13.1 Å². The fraction of sp³-hybridized carbons (Fsp3) is 0.455. The molecule has 1 aromatic carbocycles. The number of halogens is 1. The highest BCUT2D eigenvalue weighted by Crippen LogP contribution is 2.40. The number of sulfonamides is 1. The van der Waals surface area contributed by atoms with E-state index in [-0.39, 0.29) is 15.6 Å². The number of anilines is 3. The number of phenolic OH excluding ortho intramolecular Hbond substituents is 1. The first-order chi connectivity index (χ1) is 16.3. The van der Waals surface area contributed by atoms with Crippen LogP contribution < -0.4 is 10.6 Å². The Morgan fingerprint density at radius 2 is 1.88 bits per heavy atom. The summed E-state index contributed by atoms with van der Waals surface area (Å²) < 4.78 is 41.4. The second-order valence-corrected chi connectivity index (χ2v) is 10.6. The Bertz CT molecular complexity index is 1200. The molecule has 12 heteroatoms. The summed E-state index contributed by atoms with van der Waals surface area (Å²) in [5.74, 6) is 1.48. The van der Waals surface area contributed by atoms with Crippen LogP contribution in [-0.2, 0) is 16.6 Å². The number of benzene rings is 1. The van der Waals surface area contributed by atoms with E-state index < -0.39 is 15.8 Å². The standard InChI is InChI=1S/C20H24ClN5O4S2.C2H6/c1-12(2)13-9-14(30-11-13)10-22-19-20(25-31-24-19)23-16-6-5-15(21)18(17(16)27)32(28,29)26-7-3-4-8-26;1-2/h5-6,9,11-12,27H,3-4,7-8,10H2,1-2H3,(H,22,24)(H,23,25);1-2H3. The van der Waals surface area contributed by atoms with Crippen molar-refractivity contribution in [2.45, 2.75) is 57.9 Å². The lowest BCUT2D eigenvalue weighted by Crippen LogP contribution is -2.28. The molecule has 0 spiro atoms. The predicted octanol–water partition coefficient (Wildman–Crippen LogP) is 5.78. The van der Waals surface area contributed by atoms with Gasteiger partial charge in [-0.1, -0.05) is 39.3 Å². The fourth-order valence-electron chi connectivity index (χ4n) is 3.43. The zero-order valence-corrected chi connectivity index (χ0v) is 22.0. The van der Waals surface area contributed by atoms with Crippen LogP contribution in [0.5, 0.6) is 5.75 Å². The van der Waals surface area contributed by atoms with Crippen molar-refractivity contribution < 1.29 is 17.9 Å². The molecule has 0 unspecified atom stereocenters. The Morgan fingerprint density at radius 1 is 1.21 bits per heavy atom. The molecule has 0 bridgehead atoms. The highest BCUT2D eigenvalue weighted by atomic mass is 35.5. The van der Waals surface area contributed by atoms with Crippen LogP contribution in [0.2, 0.25) is 5.02 Å². The second-order valence-electron chi connectivity index (χ2n) is 7.82. The van der Waals surface area contributed by atoms with Gasteiger partial charge in [0.05, 0.1) is 35.2 Å². The van der Waals surface area contributed by atoms with E-state index in [1.165, 1.54) is 16.4 Å². The second kappa shape index (κ2) is 11.4. The molecule has 0 saturated carbocycles. The monoisotopic (exact) mass is 527 g/mol. The largest absolute Gasteiger partial charge is 0.504 e. The van der Waals surface area contributed by atoms with Gasteiger partial charge in [0, 0.05) is 13.1 Å². The molecular formula is C22H30ClN5O4S2. The Balaban J connectivity index is 0.00000158. The van der Waals surface area contributed by atoms with E-state index in [0.717, 1.165) is 35.9 Å². The van der Waals surface area contributed by atoms with Crippen LogP contribution in [0.4, 0.5) is 17.3 Å². The van der Waals surface area contributed by atoms with E-state index in [9.17, 15) is 13.5 Å². The van der Waals surface area contributed by atoms with Crippen LogP contribution in [0.25, 0.3) is 0 Å². The van der Waals surface area contributed by atoms with Crippen LogP contribution in [-0.4, -0.2) is 39.7 Å². The first-order valence-corrected chi connectivity index (χ1v) is 13.7. The number of aromatic nitrogens is 2. The molecule has 1 aliphatic heterocycles. The lowest BCUT2D eigenvalue weighted by molar-refractivity contribution is 0.445. The van der Waals surface area contributed by atoms with Crippen LogP contribution in [0.15, 0.2) is 33.8 Å². The number of rotatable bonds is 8. The van der Waals surface area contributed by atoms with Gasteiger partial charge in [0.15, 0.2) is 17.4 Å². The minimum Gasteiger partial charge on any atom is -0.504 e. The first kappa shape index (κ1) is 26.3. The van der Waals surface area contributed by atoms with Crippen LogP contribution in [0, 0.1) is 0 Å². The SMILES string of the molecule is CC.CC(C)c1coc(CNc2nsnc2Nc2ccc(Cl)c(S(=O)(=O)N3CCCC3)c2O)c1. The number of furan rings is 1. The number of phenols is 1. The average molecular weight is 528 g/mol. The Kier molecular flexibility index (Phi) is 8.80. The molecule has 2 aromatic heterocycles. The quantitative estimate of drug-likeness (QED) is 0.315. The highest BCUT2D eigenvalue weighted by Gasteiger charge is 2.33. The molecule has 9 nitrogen and oxygen atoms in total. The van der Waals surface area contributed by atoms with Crippen molar-refractivity contribution in [3.63, 3.8) is 0 Å². The summed E-state index contributed by atoms with van der Waals surface area (Å²) in [5, 5.41) is 16.9. The summed E-state index contributed by atoms with van der Waals surface area (Å²) in [7, 11) is -3.91. The zero-order valence-electron chi connectivity index (χ0n) is 19.6. The molecule has 0 amide bonds. The molecule has 0 aliphatic carbocycles. The van der Waals surface area contributed by atoms with Gasteiger partial charge in [-0.05, 0) is 42.5 Å². The van der Waals surface area contributed by atoms with E-state index in [1.54, 1.807) is 6.26 Å². The summed E-state index contributed by atoms with van der Waals surface area (Å²) in [5.41, 5.74) is 1.28. The Hall–Kier alpha value is -2.34. The van der Waals surface area contributed by atoms with Crippen molar-refractivity contribution in [3.8, 4) is 5.75 Å². The van der Waals surface area contributed by atoms with Crippen molar-refractivity contribution in [2.75, 3.05) is 23.7 Å². The van der Waals surface area contributed by atoms with Gasteiger partial charge >= 0.3 is 0 Å². The summed E-state index contributed by atoms with van der Waals surface area (Å²) in [6.07, 6.45) is 3.29. The third-order valence-corrected chi connectivity index (χ3v) is 8.19. The molecule has 186 valence electrons. The molecule has 3 heterocycles. The maximum Gasteiger partial charge on any atom is 0.248 e. The molecule has 0 radical (unpaired) electrons. The minimum absolute atomic E-state index is 0.0338. The molecule has 1 fully saturated rings. The van der Waals surface area contributed by atoms with E-state index in [0.29, 0.717) is 37.2 Å². The number of hydrogen-bond acceptors (Lipinski definition) is 9. The summed E-state index contributed by atoms with van der Waals surface area (Å²) in [4.78, 5) is -0.305. The molecule has 4 rings (SSSR count). The third-order valence-electron chi connectivity index (χ3n) is 5.26. The zero-order chi connectivity index (χ0) is 24.9. The first-order valence-electron chi connectivity index (χ1n) is 11.2. The number of aromatic hydroxyl groups is 1. The summed E-state index contributed by atoms with van der Waals surface area (Å²) in [6.45, 7) is 9.39. The molecule has 3 aromatic rings. The van der Waals surface area contributed by atoms with Crippen molar-refractivity contribution >= 4 is 50.7 Å². The van der Waals surface area contributed by atoms with E-state index >= 15 is 0 Å². The molecule has 1 saturated heterocycles. The molecular weight excluding hydrogens is 498 g/mol. The molecule has 3 N–H and O–H groups in total. The number of hydrogen-bond donors (Lipinski definition) is 3. The fourth-order valence-corrected chi connectivity index (χ4v) is 6.03. The summed E-state index contributed by atoms with van der Waals surface area (Å²) in [6, 6.07) is 4.92. The molecule has 0 atom stereocenters. The van der Waals surface area contributed by atoms with Gasteiger partial charge in [-0.15, -0.1) is 0 Å². The van der Waals surface area contributed by atoms with Gasteiger partial charge in [-0.25, -0.2) is 8.42 Å². The lowest BCUT2D eigenvalue weighted by Gasteiger charge is -2.19. The van der Waals surface area contributed by atoms with Crippen LogP contribution >= 0.6 is 23.3 Å². The van der Waals surface area contributed by atoms with Crippen LogP contribution in [0.1, 0.15) is 57.8 Å². The lowest BCUT2D eigenvalue weighted by atomic mass is 10.1. The normalized spacial score (nSPS) is 14.2. The van der Waals surface area contributed by atoms with Crippen molar-refractivity contribution in [3.05, 3.63) is 40.8 Å². The predicted molar refractivity (Wildman–Crippen MR) is 136 cm³/mol. The minimum atomic E-state index is -3.91. The summed E-state index contributed by atoms with van der Waals surface area (Å²) >= 11 is 7.16. The van der Waals surface area contributed by atoms with Crippen molar-refractivity contribution in [2.24, 2.45) is 0 Å². The van der Waals surface area contributed by atoms with Gasteiger partial charge in [0.2, 0.25) is 10.0 Å². The van der Waals surface area contributed by atoms with Crippen LogP contribution in [0.3, 0.4) is 0 Å². The molecule has 34 heavy (non-hydrogen) atoms. The average Bonchev–Trinajstić information content (AvgIpc) is 3.58. The number of nitrogens with one attached hydrogen (secondary N) is 2. The topological polar surface area (TPSA) is 121 Å². The van der Waals surface area contributed by atoms with Gasteiger partial charge in [0.25, 0.3) is 0 Å². The smallest absolute Gasteiger partial charge is 0.248 e. The van der Waals surface area contributed by atoms with Gasteiger partial charge in [-0.2, -0.15) is 13.1 Å².